The second kappa shape index (κ2) is 4.45. The fourth-order valence-electron chi connectivity index (χ4n) is 3.40. The lowest BCUT2D eigenvalue weighted by Crippen LogP contribution is -2.33. The number of fused-ring (bicyclic) bond motifs is 1. The highest BCUT2D eigenvalue weighted by Crippen LogP contribution is 2.40. The van der Waals surface area contributed by atoms with E-state index in [-0.39, 0.29) is 6.04 Å². The molecule has 2 fully saturated rings. The van der Waals surface area contributed by atoms with Gasteiger partial charge in [0, 0.05) is 25.7 Å². The molecular weight excluding hydrogens is 249 g/mol. The van der Waals surface area contributed by atoms with Gasteiger partial charge in [-0.1, -0.05) is 6.07 Å². The molecule has 19 heavy (non-hydrogen) atoms. The Kier molecular flexibility index (Phi) is 2.89. The Morgan fingerprint density at radius 3 is 2.95 bits per heavy atom. The molecule has 0 radical (unpaired) electrons. The lowest BCUT2D eigenvalue weighted by atomic mass is 9.95. The smallest absolute Gasteiger partial charge is 0.327 e. The summed E-state index contributed by atoms with van der Waals surface area (Å²) in [6, 6.07) is 4.52. The average Bonchev–Trinajstić information content (AvgIpc) is 2.92. The molecule has 1 N–H and O–H groups in total. The maximum absolute atomic E-state index is 13.7. The molecule has 0 aromatic heterocycles. The summed E-state index contributed by atoms with van der Waals surface area (Å²) in [6.07, 6.45) is 0. The predicted octanol–water partition coefficient (Wildman–Crippen LogP) is 1.78. The van der Waals surface area contributed by atoms with Gasteiger partial charge < -0.3 is 10.2 Å². The molecule has 0 bridgehead atoms. The first-order valence-electron chi connectivity index (χ1n) is 6.50. The van der Waals surface area contributed by atoms with Crippen LogP contribution in [0.3, 0.4) is 0 Å². The Bertz CT molecular complexity index is 523. The minimum Gasteiger partial charge on any atom is -0.363 e. The number of anilines is 1. The van der Waals surface area contributed by atoms with E-state index in [1.165, 1.54) is 6.07 Å². The molecule has 102 valence electrons. The largest absolute Gasteiger partial charge is 0.363 e. The van der Waals surface area contributed by atoms with Gasteiger partial charge in [-0.25, -0.2) is 0 Å². The van der Waals surface area contributed by atoms with Gasteiger partial charge in [-0.05, 0) is 30.9 Å². The molecule has 2 aliphatic rings. The van der Waals surface area contributed by atoms with Crippen molar-refractivity contribution in [1.29, 1.82) is 0 Å². The number of hydrogen-bond acceptors (Lipinski definition) is 4. The summed E-state index contributed by atoms with van der Waals surface area (Å²) in [6.45, 7) is 4.69. The third kappa shape index (κ3) is 1.87. The maximum atomic E-state index is 13.7. The predicted molar refractivity (Wildman–Crippen MR) is 69.7 cm³/mol. The summed E-state index contributed by atoms with van der Waals surface area (Å²) >= 11 is 0. The number of hydrogen-bond donors (Lipinski definition) is 1. The first-order chi connectivity index (χ1) is 9.09. The van der Waals surface area contributed by atoms with Crippen molar-refractivity contribution in [3.8, 4) is 0 Å². The van der Waals surface area contributed by atoms with Crippen LogP contribution < -0.4 is 10.2 Å². The number of nitro benzene ring substituents is 1. The lowest BCUT2D eigenvalue weighted by molar-refractivity contribution is -0.386. The number of nitrogens with one attached hydrogen (secondary N) is 1. The number of halogens is 1. The summed E-state index contributed by atoms with van der Waals surface area (Å²) in [5.74, 6) is 0.227. The van der Waals surface area contributed by atoms with Crippen LogP contribution in [0, 0.1) is 27.8 Å². The van der Waals surface area contributed by atoms with Crippen molar-refractivity contribution in [1.82, 2.24) is 5.32 Å². The van der Waals surface area contributed by atoms with Crippen LogP contribution in [-0.4, -0.2) is 30.6 Å². The zero-order chi connectivity index (χ0) is 13.6. The molecule has 1 aromatic carbocycles. The van der Waals surface area contributed by atoms with Crippen LogP contribution in [0.5, 0.6) is 0 Å². The van der Waals surface area contributed by atoms with Gasteiger partial charge in [0.1, 0.15) is 5.69 Å². The van der Waals surface area contributed by atoms with E-state index in [1.54, 1.807) is 6.07 Å². The van der Waals surface area contributed by atoms with E-state index < -0.39 is 16.4 Å². The van der Waals surface area contributed by atoms with E-state index in [0.29, 0.717) is 17.5 Å². The Balaban J connectivity index is 1.99. The van der Waals surface area contributed by atoms with Crippen molar-refractivity contribution in [2.75, 3.05) is 24.5 Å². The molecule has 0 spiro atoms. The van der Waals surface area contributed by atoms with E-state index in [1.807, 2.05) is 4.90 Å². The van der Waals surface area contributed by atoms with Crippen LogP contribution in [-0.2, 0) is 0 Å². The second-order valence-electron chi connectivity index (χ2n) is 5.34. The molecule has 6 heteroatoms. The molecule has 5 nitrogen and oxygen atoms in total. The first kappa shape index (κ1) is 12.3. The van der Waals surface area contributed by atoms with E-state index in [2.05, 4.69) is 12.2 Å². The van der Waals surface area contributed by atoms with Gasteiger partial charge in [-0.2, -0.15) is 4.39 Å². The summed E-state index contributed by atoms with van der Waals surface area (Å²) in [7, 11) is 0. The van der Waals surface area contributed by atoms with Crippen LogP contribution in [0.4, 0.5) is 15.8 Å². The second-order valence-corrected chi connectivity index (χ2v) is 5.34. The lowest BCUT2D eigenvalue weighted by Gasteiger charge is -2.26. The molecule has 0 saturated carbocycles. The minimum absolute atomic E-state index is 0.195. The van der Waals surface area contributed by atoms with Crippen molar-refractivity contribution in [3.05, 3.63) is 34.1 Å². The topological polar surface area (TPSA) is 58.4 Å². The van der Waals surface area contributed by atoms with Gasteiger partial charge >= 0.3 is 5.69 Å². The van der Waals surface area contributed by atoms with Crippen LogP contribution in [0.2, 0.25) is 0 Å². The normalized spacial score (nSPS) is 29.6. The molecule has 3 atom stereocenters. The minimum atomic E-state index is -0.759. The molecule has 1 aromatic rings. The van der Waals surface area contributed by atoms with Gasteiger partial charge in [0.05, 0.1) is 4.92 Å². The summed E-state index contributed by atoms with van der Waals surface area (Å²) in [5, 5.41) is 14.4. The number of benzene rings is 1. The highest BCUT2D eigenvalue weighted by atomic mass is 19.1. The Hall–Kier alpha value is -1.69. The molecule has 2 saturated heterocycles. The highest BCUT2D eigenvalue weighted by molar-refractivity contribution is 5.65. The standard InChI is InChI=1S/C13H16FN3O2/c1-8-10-6-15-5-9(10)7-16(8)12-4-2-3-11(14)13(12)17(18)19/h2-4,8-10,15H,5-7H2,1H3. The Morgan fingerprint density at radius 2 is 2.26 bits per heavy atom. The fraction of sp³-hybridized carbons (Fsp3) is 0.538. The fourth-order valence-corrected chi connectivity index (χ4v) is 3.40. The van der Waals surface area contributed by atoms with Crippen LogP contribution in [0.1, 0.15) is 6.92 Å². The van der Waals surface area contributed by atoms with E-state index in [4.69, 9.17) is 0 Å². The Morgan fingerprint density at radius 1 is 1.47 bits per heavy atom. The number of nitro groups is 1. The first-order valence-corrected chi connectivity index (χ1v) is 6.50. The zero-order valence-electron chi connectivity index (χ0n) is 10.7. The maximum Gasteiger partial charge on any atom is 0.327 e. The molecule has 0 aliphatic carbocycles. The number of rotatable bonds is 2. The molecule has 2 aliphatic heterocycles. The van der Waals surface area contributed by atoms with E-state index in [0.717, 1.165) is 25.7 Å². The monoisotopic (exact) mass is 265 g/mol. The molecular formula is C13H16FN3O2. The summed E-state index contributed by atoms with van der Waals surface area (Å²) < 4.78 is 13.7. The zero-order valence-corrected chi connectivity index (χ0v) is 10.7. The third-order valence-corrected chi connectivity index (χ3v) is 4.39. The Labute approximate surface area is 110 Å². The highest BCUT2D eigenvalue weighted by Gasteiger charge is 2.43. The quantitative estimate of drug-likeness (QED) is 0.654. The van der Waals surface area contributed by atoms with E-state index >= 15 is 0 Å². The van der Waals surface area contributed by atoms with Gasteiger partial charge in [0.15, 0.2) is 0 Å². The van der Waals surface area contributed by atoms with Crippen molar-refractivity contribution in [2.24, 2.45) is 11.8 Å². The van der Waals surface area contributed by atoms with E-state index in [9.17, 15) is 14.5 Å². The van der Waals surface area contributed by atoms with Crippen LogP contribution in [0.25, 0.3) is 0 Å². The SMILES string of the molecule is CC1C2CNCC2CN1c1cccc(F)c1[N+](=O)[O-]. The average molecular weight is 265 g/mol. The van der Waals surface area contributed by atoms with Crippen molar-refractivity contribution in [2.45, 2.75) is 13.0 Å². The van der Waals surface area contributed by atoms with Crippen molar-refractivity contribution >= 4 is 11.4 Å². The summed E-state index contributed by atoms with van der Waals surface area (Å²) in [4.78, 5) is 12.4. The van der Waals surface area contributed by atoms with Crippen LogP contribution >= 0.6 is 0 Å². The summed E-state index contributed by atoms with van der Waals surface area (Å²) in [5.41, 5.74) is 0.00850. The molecule has 3 unspecified atom stereocenters. The molecule has 2 heterocycles. The number of para-hydroxylation sites is 1. The van der Waals surface area contributed by atoms with Crippen molar-refractivity contribution < 1.29 is 9.31 Å². The van der Waals surface area contributed by atoms with Crippen molar-refractivity contribution in [3.63, 3.8) is 0 Å². The number of nitrogens with zero attached hydrogens (tertiary/aromatic N) is 2. The van der Waals surface area contributed by atoms with Gasteiger partial charge in [0.2, 0.25) is 5.82 Å². The molecule has 0 amide bonds. The third-order valence-electron chi connectivity index (χ3n) is 4.39. The van der Waals surface area contributed by atoms with Gasteiger partial charge in [0.25, 0.3) is 0 Å². The van der Waals surface area contributed by atoms with Gasteiger partial charge in [-0.3, -0.25) is 10.1 Å². The van der Waals surface area contributed by atoms with Crippen LogP contribution in [0.15, 0.2) is 18.2 Å². The molecule has 3 rings (SSSR count). The van der Waals surface area contributed by atoms with Gasteiger partial charge in [-0.15, -0.1) is 0 Å².